The van der Waals surface area contributed by atoms with Gasteiger partial charge in [0.1, 0.15) is 0 Å². The second kappa shape index (κ2) is 9.41. The summed E-state index contributed by atoms with van der Waals surface area (Å²) in [7, 11) is 0. The summed E-state index contributed by atoms with van der Waals surface area (Å²) in [6.45, 7) is 5.95. The van der Waals surface area contributed by atoms with Crippen LogP contribution in [0.4, 0.5) is 0 Å². The Labute approximate surface area is 171 Å². The van der Waals surface area contributed by atoms with E-state index in [0.717, 1.165) is 28.5 Å². The Morgan fingerprint density at radius 3 is 2.48 bits per heavy atom. The quantitative estimate of drug-likeness (QED) is 0.561. The second-order valence-corrected chi connectivity index (χ2v) is 7.58. The van der Waals surface area contributed by atoms with E-state index in [1.807, 2.05) is 36.4 Å². The number of aryl methyl sites for hydroxylation is 1. The highest BCUT2D eigenvalue weighted by molar-refractivity contribution is 5.88. The van der Waals surface area contributed by atoms with Crippen LogP contribution in [-0.2, 0) is 27.2 Å². The van der Waals surface area contributed by atoms with Crippen LogP contribution in [0.3, 0.4) is 0 Å². The lowest BCUT2D eigenvalue weighted by Crippen LogP contribution is -2.35. The Kier molecular flexibility index (Phi) is 6.70. The fourth-order valence-corrected chi connectivity index (χ4v) is 3.44. The van der Waals surface area contributed by atoms with Gasteiger partial charge in [-0.2, -0.15) is 0 Å². The Bertz CT molecular complexity index is 973. The number of rotatable bonds is 8. The van der Waals surface area contributed by atoms with E-state index in [1.54, 1.807) is 6.20 Å². The number of para-hydroxylation sites is 1. The highest BCUT2D eigenvalue weighted by Gasteiger charge is 2.19. The molecule has 0 unspecified atom stereocenters. The van der Waals surface area contributed by atoms with Gasteiger partial charge in [0.15, 0.2) is 6.61 Å². The number of carbonyl (C=O) groups excluding carboxylic acids is 2. The van der Waals surface area contributed by atoms with Gasteiger partial charge in [-0.3, -0.25) is 9.59 Å². The molecule has 0 radical (unpaired) electrons. The molecular formula is C24H28N2O3. The summed E-state index contributed by atoms with van der Waals surface area (Å²) in [5.74, 6) is -0.498. The summed E-state index contributed by atoms with van der Waals surface area (Å²) in [5.41, 5.74) is 4.15. The van der Waals surface area contributed by atoms with Gasteiger partial charge in [0.05, 0.1) is 12.5 Å². The van der Waals surface area contributed by atoms with Crippen LogP contribution in [0, 0.1) is 5.92 Å². The minimum absolute atomic E-state index is 0.124. The lowest BCUT2D eigenvalue weighted by atomic mass is 9.95. The topological polar surface area (TPSA) is 71.2 Å². The van der Waals surface area contributed by atoms with Crippen LogP contribution in [0.2, 0.25) is 0 Å². The molecule has 2 aromatic carbocycles. The number of nitrogens with one attached hydrogen (secondary N) is 2. The largest absolute Gasteiger partial charge is 0.455 e. The summed E-state index contributed by atoms with van der Waals surface area (Å²) >= 11 is 0. The standard InChI is InChI=1S/C24H28N2O3/c1-4-17-9-11-18(12-10-17)24(16(2)3)26-22(27)15-29-23(28)13-19-14-25-21-8-6-5-7-20(19)21/h5-12,14,16,24-25H,4,13,15H2,1-3H3,(H,26,27)/t24-/m0/s1. The van der Waals surface area contributed by atoms with E-state index in [4.69, 9.17) is 4.74 Å². The predicted molar refractivity (Wildman–Crippen MR) is 115 cm³/mol. The zero-order valence-corrected chi connectivity index (χ0v) is 17.2. The lowest BCUT2D eigenvalue weighted by molar-refractivity contribution is -0.148. The molecule has 5 heteroatoms. The zero-order chi connectivity index (χ0) is 20.8. The number of aromatic nitrogens is 1. The Morgan fingerprint density at radius 2 is 1.79 bits per heavy atom. The summed E-state index contributed by atoms with van der Waals surface area (Å²) in [4.78, 5) is 27.7. The van der Waals surface area contributed by atoms with Crippen molar-refractivity contribution in [2.45, 2.75) is 39.7 Å². The smallest absolute Gasteiger partial charge is 0.310 e. The summed E-state index contributed by atoms with van der Waals surface area (Å²) < 4.78 is 5.21. The molecule has 3 rings (SSSR count). The first-order valence-corrected chi connectivity index (χ1v) is 10.1. The van der Waals surface area contributed by atoms with Crippen molar-refractivity contribution in [3.8, 4) is 0 Å². The number of carbonyl (C=O) groups is 2. The van der Waals surface area contributed by atoms with E-state index < -0.39 is 5.97 Å². The van der Waals surface area contributed by atoms with Crippen molar-refractivity contribution in [2.24, 2.45) is 5.92 Å². The number of aromatic amines is 1. The van der Waals surface area contributed by atoms with Crippen molar-refractivity contribution >= 4 is 22.8 Å². The van der Waals surface area contributed by atoms with Gasteiger partial charge in [0.25, 0.3) is 5.91 Å². The third kappa shape index (κ3) is 5.25. The van der Waals surface area contributed by atoms with E-state index in [9.17, 15) is 9.59 Å². The molecule has 0 bridgehead atoms. The molecule has 1 atom stereocenters. The molecule has 2 N–H and O–H groups in total. The maximum atomic E-state index is 12.4. The number of benzene rings is 2. The first-order chi connectivity index (χ1) is 14.0. The molecule has 0 aliphatic rings. The molecule has 0 aliphatic carbocycles. The van der Waals surface area contributed by atoms with Gasteiger partial charge in [-0.15, -0.1) is 0 Å². The molecular weight excluding hydrogens is 364 g/mol. The number of esters is 1. The molecule has 1 aromatic heterocycles. The van der Waals surface area contributed by atoms with Gasteiger partial charge in [-0.25, -0.2) is 0 Å². The van der Waals surface area contributed by atoms with Crippen molar-refractivity contribution in [3.05, 3.63) is 71.4 Å². The van der Waals surface area contributed by atoms with E-state index in [-0.39, 0.29) is 30.9 Å². The molecule has 0 fully saturated rings. The minimum Gasteiger partial charge on any atom is -0.455 e. The third-order valence-electron chi connectivity index (χ3n) is 5.10. The Morgan fingerprint density at radius 1 is 1.07 bits per heavy atom. The molecule has 0 saturated carbocycles. The molecule has 1 heterocycles. The average Bonchev–Trinajstić information content (AvgIpc) is 3.13. The van der Waals surface area contributed by atoms with Crippen LogP contribution in [0.25, 0.3) is 10.9 Å². The average molecular weight is 392 g/mol. The van der Waals surface area contributed by atoms with E-state index in [0.29, 0.717) is 0 Å². The van der Waals surface area contributed by atoms with E-state index >= 15 is 0 Å². The Balaban J connectivity index is 1.55. The van der Waals surface area contributed by atoms with Crippen molar-refractivity contribution in [1.82, 2.24) is 10.3 Å². The fraction of sp³-hybridized carbons (Fsp3) is 0.333. The highest BCUT2D eigenvalue weighted by Crippen LogP contribution is 2.22. The monoisotopic (exact) mass is 392 g/mol. The number of hydrogen-bond donors (Lipinski definition) is 2. The molecule has 0 saturated heterocycles. The highest BCUT2D eigenvalue weighted by atomic mass is 16.5. The number of amides is 1. The summed E-state index contributed by atoms with van der Waals surface area (Å²) in [6.07, 6.45) is 2.91. The fourth-order valence-electron chi connectivity index (χ4n) is 3.44. The van der Waals surface area contributed by atoms with Gasteiger partial charge in [0.2, 0.25) is 0 Å². The SMILES string of the molecule is CCc1ccc([C@@H](NC(=O)COC(=O)Cc2c[nH]c3ccccc23)C(C)C)cc1. The normalized spacial score (nSPS) is 12.1. The van der Waals surface area contributed by atoms with E-state index in [2.05, 4.69) is 43.2 Å². The molecule has 1 amide bonds. The molecule has 0 spiro atoms. The van der Waals surface area contributed by atoms with Crippen molar-refractivity contribution in [2.75, 3.05) is 6.61 Å². The van der Waals surface area contributed by atoms with Crippen LogP contribution in [0.5, 0.6) is 0 Å². The van der Waals surface area contributed by atoms with Crippen molar-refractivity contribution in [1.29, 1.82) is 0 Å². The van der Waals surface area contributed by atoms with E-state index in [1.165, 1.54) is 5.56 Å². The van der Waals surface area contributed by atoms with Crippen LogP contribution in [-0.4, -0.2) is 23.5 Å². The van der Waals surface area contributed by atoms with Crippen LogP contribution in [0.1, 0.15) is 43.5 Å². The number of hydrogen-bond acceptors (Lipinski definition) is 3. The van der Waals surface area contributed by atoms with Gasteiger partial charge >= 0.3 is 5.97 Å². The second-order valence-electron chi connectivity index (χ2n) is 7.58. The zero-order valence-electron chi connectivity index (χ0n) is 17.2. The molecule has 152 valence electrons. The number of H-pyrrole nitrogens is 1. The summed E-state index contributed by atoms with van der Waals surface area (Å²) in [6, 6.07) is 15.9. The third-order valence-corrected chi connectivity index (χ3v) is 5.10. The van der Waals surface area contributed by atoms with Gasteiger partial charge < -0.3 is 15.0 Å². The lowest BCUT2D eigenvalue weighted by Gasteiger charge is -2.23. The predicted octanol–water partition coefficient (Wildman–Crippen LogP) is 4.33. The van der Waals surface area contributed by atoms with Gasteiger partial charge in [-0.05, 0) is 35.1 Å². The van der Waals surface area contributed by atoms with Crippen molar-refractivity contribution in [3.63, 3.8) is 0 Å². The minimum atomic E-state index is -0.418. The molecule has 5 nitrogen and oxygen atoms in total. The maximum absolute atomic E-state index is 12.4. The molecule has 3 aromatic rings. The van der Waals surface area contributed by atoms with Gasteiger partial charge in [0, 0.05) is 17.1 Å². The maximum Gasteiger partial charge on any atom is 0.310 e. The first kappa shape index (κ1) is 20.6. The first-order valence-electron chi connectivity index (χ1n) is 10.1. The van der Waals surface area contributed by atoms with Gasteiger partial charge in [-0.1, -0.05) is 63.2 Å². The van der Waals surface area contributed by atoms with Crippen molar-refractivity contribution < 1.29 is 14.3 Å². The van der Waals surface area contributed by atoms with Crippen LogP contribution >= 0.6 is 0 Å². The number of ether oxygens (including phenoxy) is 1. The summed E-state index contributed by atoms with van der Waals surface area (Å²) in [5, 5.41) is 3.98. The number of fused-ring (bicyclic) bond motifs is 1. The molecule has 29 heavy (non-hydrogen) atoms. The van der Waals surface area contributed by atoms with Crippen LogP contribution in [0.15, 0.2) is 54.7 Å². The Hall–Kier alpha value is -3.08. The van der Waals surface area contributed by atoms with Crippen LogP contribution < -0.4 is 5.32 Å². The molecule has 0 aliphatic heterocycles.